The van der Waals surface area contributed by atoms with Crippen LogP contribution >= 0.6 is 0 Å². The molecule has 0 bridgehead atoms. The predicted molar refractivity (Wildman–Crippen MR) is 117 cm³/mol. The van der Waals surface area contributed by atoms with Gasteiger partial charge in [0.05, 0.1) is 17.3 Å². The number of halogens is 2. The highest BCUT2D eigenvalue weighted by Gasteiger charge is 2.18. The van der Waals surface area contributed by atoms with Gasteiger partial charge in [-0.1, -0.05) is 12.1 Å². The predicted octanol–water partition coefficient (Wildman–Crippen LogP) is 5.50. The summed E-state index contributed by atoms with van der Waals surface area (Å²) in [6.07, 6.45) is -0.190. The number of hydrogen-bond donors (Lipinski definition) is 1. The van der Waals surface area contributed by atoms with Crippen molar-refractivity contribution in [3.63, 3.8) is 0 Å². The molecule has 0 atom stereocenters. The van der Waals surface area contributed by atoms with Crippen LogP contribution in [0.5, 0.6) is 5.88 Å². The van der Waals surface area contributed by atoms with E-state index in [1.165, 1.54) is 30.3 Å². The fourth-order valence-corrected chi connectivity index (χ4v) is 3.43. The normalized spacial score (nSPS) is 11.2. The lowest BCUT2D eigenvalue weighted by Gasteiger charge is -2.20. The first-order valence-electron chi connectivity index (χ1n) is 9.84. The third-order valence-electron chi connectivity index (χ3n) is 4.60. The molecule has 0 saturated heterocycles. The van der Waals surface area contributed by atoms with Crippen molar-refractivity contribution in [2.24, 2.45) is 0 Å². The van der Waals surface area contributed by atoms with Crippen molar-refractivity contribution in [2.45, 2.75) is 26.9 Å². The van der Waals surface area contributed by atoms with E-state index in [4.69, 9.17) is 4.74 Å². The fourth-order valence-electron chi connectivity index (χ4n) is 3.43. The van der Waals surface area contributed by atoms with E-state index in [0.717, 1.165) is 0 Å². The van der Waals surface area contributed by atoms with Crippen LogP contribution in [0.15, 0.2) is 65.5 Å². The molecule has 5 nitrogen and oxygen atoms in total. The van der Waals surface area contributed by atoms with Crippen molar-refractivity contribution >= 4 is 22.4 Å². The smallest absolute Gasteiger partial charge is 0.227 e. The largest absolute Gasteiger partial charge is 0.474 e. The Morgan fingerprint density at radius 3 is 2.39 bits per heavy atom. The highest BCUT2D eigenvalue weighted by Crippen LogP contribution is 2.30. The van der Waals surface area contributed by atoms with Crippen LogP contribution in [-0.2, 0) is 0 Å². The number of hydrogen-bond acceptors (Lipinski definition) is 4. The maximum atomic E-state index is 14.1. The summed E-state index contributed by atoms with van der Waals surface area (Å²) in [5.74, 6) is -0.268. The molecule has 0 amide bonds. The summed E-state index contributed by atoms with van der Waals surface area (Å²) >= 11 is 0. The van der Waals surface area contributed by atoms with Crippen molar-refractivity contribution in [3.05, 3.63) is 88.2 Å². The SMILES string of the molecule is Cc1cc2c(c(OC(C)C)n1)c(=O)cc(Nc1cccc(F)c1)n2-c1cccc(F)c1. The van der Waals surface area contributed by atoms with Gasteiger partial charge >= 0.3 is 0 Å². The summed E-state index contributed by atoms with van der Waals surface area (Å²) in [6.45, 7) is 5.49. The zero-order chi connectivity index (χ0) is 22.1. The van der Waals surface area contributed by atoms with E-state index in [0.29, 0.717) is 28.4 Å². The second-order valence-corrected chi connectivity index (χ2v) is 7.47. The number of ether oxygens (including phenoxy) is 1. The number of nitrogens with zero attached hydrogens (tertiary/aromatic N) is 2. The summed E-state index contributed by atoms with van der Waals surface area (Å²) in [5, 5.41) is 3.37. The summed E-state index contributed by atoms with van der Waals surface area (Å²) in [4.78, 5) is 17.5. The van der Waals surface area contributed by atoms with E-state index in [2.05, 4.69) is 10.3 Å². The molecular formula is C24H21F2N3O2. The monoisotopic (exact) mass is 421 g/mol. The van der Waals surface area contributed by atoms with E-state index >= 15 is 0 Å². The average molecular weight is 421 g/mol. The van der Waals surface area contributed by atoms with Gasteiger partial charge in [0.2, 0.25) is 5.88 Å². The highest BCUT2D eigenvalue weighted by molar-refractivity contribution is 5.88. The van der Waals surface area contributed by atoms with Crippen LogP contribution in [0.4, 0.5) is 20.3 Å². The number of pyridine rings is 2. The minimum Gasteiger partial charge on any atom is -0.474 e. The lowest BCUT2D eigenvalue weighted by atomic mass is 10.2. The zero-order valence-corrected chi connectivity index (χ0v) is 17.3. The van der Waals surface area contributed by atoms with Crippen LogP contribution in [-0.4, -0.2) is 15.7 Å². The second kappa shape index (κ2) is 8.18. The summed E-state index contributed by atoms with van der Waals surface area (Å²) in [7, 11) is 0. The van der Waals surface area contributed by atoms with Gasteiger partial charge in [0.1, 0.15) is 22.8 Å². The maximum Gasteiger partial charge on any atom is 0.227 e. The molecule has 31 heavy (non-hydrogen) atoms. The number of anilines is 2. The highest BCUT2D eigenvalue weighted by atomic mass is 19.1. The number of nitrogens with one attached hydrogen (secondary N) is 1. The Hall–Kier alpha value is -3.74. The van der Waals surface area contributed by atoms with E-state index in [9.17, 15) is 13.6 Å². The maximum absolute atomic E-state index is 14.1. The second-order valence-electron chi connectivity index (χ2n) is 7.47. The average Bonchev–Trinajstić information content (AvgIpc) is 2.67. The van der Waals surface area contributed by atoms with Crippen LogP contribution < -0.4 is 15.5 Å². The first kappa shape index (κ1) is 20.5. The Morgan fingerprint density at radius 2 is 1.71 bits per heavy atom. The standard InChI is InChI=1S/C24H21F2N3O2/c1-14(2)31-24-23-20(10-15(3)27-24)29(19-9-5-7-17(26)12-19)22(13-21(23)30)28-18-8-4-6-16(25)11-18/h4-14,28H,1-3H3. The molecule has 0 fully saturated rings. The number of benzene rings is 2. The molecular weight excluding hydrogens is 400 g/mol. The number of aromatic nitrogens is 2. The molecule has 0 aliphatic heterocycles. The Balaban J connectivity index is 2.05. The lowest BCUT2D eigenvalue weighted by Crippen LogP contribution is -2.16. The van der Waals surface area contributed by atoms with Crippen LogP contribution in [0.1, 0.15) is 19.5 Å². The molecule has 7 heteroatoms. The number of aryl methyl sites for hydroxylation is 1. The van der Waals surface area contributed by atoms with Gasteiger partial charge in [-0.25, -0.2) is 13.8 Å². The Kier molecular flexibility index (Phi) is 5.42. The van der Waals surface area contributed by atoms with Gasteiger partial charge in [0, 0.05) is 17.4 Å². The Labute approximate surface area is 177 Å². The van der Waals surface area contributed by atoms with Gasteiger partial charge in [-0.3, -0.25) is 9.36 Å². The molecule has 2 aromatic heterocycles. The molecule has 0 spiro atoms. The van der Waals surface area contributed by atoms with Gasteiger partial charge in [-0.15, -0.1) is 0 Å². The summed E-state index contributed by atoms with van der Waals surface area (Å²) in [6, 6.07) is 15.0. The van der Waals surface area contributed by atoms with E-state index in [1.807, 2.05) is 13.8 Å². The topological polar surface area (TPSA) is 56.1 Å². The lowest BCUT2D eigenvalue weighted by molar-refractivity contribution is 0.235. The first-order valence-corrected chi connectivity index (χ1v) is 9.84. The van der Waals surface area contributed by atoms with Crippen molar-refractivity contribution in [1.82, 2.24) is 9.55 Å². The molecule has 4 aromatic rings. The van der Waals surface area contributed by atoms with Crippen LogP contribution in [0.25, 0.3) is 16.6 Å². The Bertz CT molecular complexity index is 1330. The van der Waals surface area contributed by atoms with E-state index in [1.54, 1.807) is 41.8 Å². The molecule has 0 unspecified atom stereocenters. The molecule has 0 saturated carbocycles. The number of fused-ring (bicyclic) bond motifs is 1. The van der Waals surface area contributed by atoms with Crippen LogP contribution in [0.2, 0.25) is 0 Å². The minimum atomic E-state index is -0.425. The molecule has 4 rings (SSSR count). The third-order valence-corrected chi connectivity index (χ3v) is 4.60. The Morgan fingerprint density at radius 1 is 1.00 bits per heavy atom. The molecule has 158 valence electrons. The van der Waals surface area contributed by atoms with E-state index in [-0.39, 0.29) is 22.8 Å². The van der Waals surface area contributed by atoms with Gasteiger partial charge in [0.25, 0.3) is 0 Å². The number of rotatable bonds is 5. The van der Waals surface area contributed by atoms with Crippen LogP contribution in [0.3, 0.4) is 0 Å². The zero-order valence-electron chi connectivity index (χ0n) is 17.3. The van der Waals surface area contributed by atoms with Gasteiger partial charge in [-0.05, 0) is 63.2 Å². The van der Waals surface area contributed by atoms with Crippen molar-refractivity contribution in [2.75, 3.05) is 5.32 Å². The fraction of sp³-hybridized carbons (Fsp3) is 0.167. The summed E-state index contributed by atoms with van der Waals surface area (Å²) < 4.78 is 35.3. The van der Waals surface area contributed by atoms with Crippen molar-refractivity contribution in [1.29, 1.82) is 0 Å². The van der Waals surface area contributed by atoms with Gasteiger partial charge in [-0.2, -0.15) is 0 Å². The third kappa shape index (κ3) is 4.26. The van der Waals surface area contributed by atoms with Gasteiger partial charge in [0.15, 0.2) is 5.43 Å². The molecule has 0 aliphatic rings. The molecule has 1 N–H and O–H groups in total. The van der Waals surface area contributed by atoms with E-state index < -0.39 is 11.6 Å². The first-order chi connectivity index (χ1) is 14.8. The molecule has 0 aliphatic carbocycles. The quantitative estimate of drug-likeness (QED) is 0.462. The van der Waals surface area contributed by atoms with Gasteiger partial charge < -0.3 is 10.1 Å². The summed E-state index contributed by atoms with van der Waals surface area (Å²) in [5.41, 5.74) is 1.76. The van der Waals surface area contributed by atoms with Crippen molar-refractivity contribution in [3.8, 4) is 11.6 Å². The van der Waals surface area contributed by atoms with Crippen molar-refractivity contribution < 1.29 is 13.5 Å². The minimum absolute atomic E-state index is 0.190. The molecule has 2 aromatic carbocycles. The molecule has 0 radical (unpaired) electrons. The molecule has 2 heterocycles. The van der Waals surface area contributed by atoms with Crippen LogP contribution in [0, 0.1) is 18.6 Å².